The summed E-state index contributed by atoms with van der Waals surface area (Å²) < 4.78 is 27.5. The third kappa shape index (κ3) is 3.11. The monoisotopic (exact) mass is 351 g/mol. The van der Waals surface area contributed by atoms with Gasteiger partial charge in [-0.25, -0.2) is 8.42 Å². The van der Waals surface area contributed by atoms with Crippen LogP contribution in [0.15, 0.2) is 76.6 Å². The van der Waals surface area contributed by atoms with Gasteiger partial charge in [0, 0.05) is 4.47 Å². The van der Waals surface area contributed by atoms with Crippen LogP contribution in [0.5, 0.6) is 0 Å². The summed E-state index contributed by atoms with van der Waals surface area (Å²) in [5, 5.41) is 0. The molecule has 2 rings (SSSR count). The largest absolute Gasteiger partial charge is 0.264 e. The first kappa shape index (κ1) is 14.8. The van der Waals surface area contributed by atoms with Gasteiger partial charge >= 0.3 is 0 Å². The van der Waals surface area contributed by atoms with Gasteiger partial charge < -0.3 is 0 Å². The van der Waals surface area contributed by atoms with Crippen molar-refractivity contribution in [3.05, 3.63) is 71.7 Å². The summed E-state index contributed by atoms with van der Waals surface area (Å²) in [5.41, 5.74) is 0.618. The van der Waals surface area contributed by atoms with Crippen molar-refractivity contribution in [1.29, 1.82) is 0 Å². The van der Waals surface area contributed by atoms with Gasteiger partial charge in [-0.1, -0.05) is 46.3 Å². The van der Waals surface area contributed by atoms with E-state index in [1.807, 2.05) is 18.2 Å². The minimum absolute atomic E-state index is 0.221. The molecule has 3 nitrogen and oxygen atoms in total. The van der Waals surface area contributed by atoms with E-state index in [-0.39, 0.29) is 11.4 Å². The number of nitrogens with zero attached hydrogens (tertiary/aromatic N) is 1. The number of hydrogen-bond acceptors (Lipinski definition) is 2. The third-order valence-corrected chi connectivity index (χ3v) is 5.01. The Morgan fingerprint density at radius 2 is 1.80 bits per heavy atom. The first-order valence-electron chi connectivity index (χ1n) is 6.00. The molecule has 0 unspecified atom stereocenters. The normalized spacial score (nSPS) is 11.1. The molecule has 0 fully saturated rings. The Morgan fingerprint density at radius 3 is 2.40 bits per heavy atom. The summed E-state index contributed by atoms with van der Waals surface area (Å²) in [6.07, 6.45) is 1.57. The highest BCUT2D eigenvalue weighted by molar-refractivity contribution is 9.10. The predicted octanol–water partition coefficient (Wildman–Crippen LogP) is 3.83. The molecule has 0 spiro atoms. The summed E-state index contributed by atoms with van der Waals surface area (Å²) in [4.78, 5) is 0.248. The van der Waals surface area contributed by atoms with E-state index in [1.165, 1.54) is 4.31 Å². The zero-order valence-electron chi connectivity index (χ0n) is 10.7. The fourth-order valence-electron chi connectivity index (χ4n) is 1.81. The fraction of sp³-hybridized carbons (Fsp3) is 0.0667. The van der Waals surface area contributed by atoms with Crippen molar-refractivity contribution in [2.75, 3.05) is 10.8 Å². The molecule has 5 heteroatoms. The van der Waals surface area contributed by atoms with Crippen LogP contribution in [0.3, 0.4) is 0 Å². The zero-order valence-corrected chi connectivity index (χ0v) is 13.1. The summed E-state index contributed by atoms with van der Waals surface area (Å²) in [6, 6.07) is 15.7. The van der Waals surface area contributed by atoms with Crippen LogP contribution in [-0.2, 0) is 10.0 Å². The number of halogens is 1. The molecule has 0 aliphatic rings. The summed E-state index contributed by atoms with van der Waals surface area (Å²) >= 11 is 3.30. The molecule has 0 aromatic heterocycles. The predicted molar refractivity (Wildman–Crippen MR) is 85.3 cm³/mol. The van der Waals surface area contributed by atoms with Gasteiger partial charge in [-0.05, 0) is 30.3 Å². The van der Waals surface area contributed by atoms with Crippen LogP contribution in [0.4, 0.5) is 5.69 Å². The Hall–Kier alpha value is -1.59. The second-order valence-electron chi connectivity index (χ2n) is 4.12. The van der Waals surface area contributed by atoms with E-state index in [1.54, 1.807) is 42.5 Å². The number of benzene rings is 2. The molecule has 0 saturated heterocycles. The summed E-state index contributed by atoms with van der Waals surface area (Å²) in [5.74, 6) is 0. The second-order valence-corrected chi connectivity index (χ2v) is 6.90. The summed E-state index contributed by atoms with van der Waals surface area (Å²) in [6.45, 7) is 3.86. The van der Waals surface area contributed by atoms with Gasteiger partial charge in [-0.15, -0.1) is 6.58 Å². The Kier molecular flexibility index (Phi) is 4.62. The van der Waals surface area contributed by atoms with E-state index in [0.717, 1.165) is 4.47 Å². The lowest BCUT2D eigenvalue weighted by molar-refractivity contribution is 0.593. The number of anilines is 1. The maximum atomic E-state index is 12.7. The van der Waals surface area contributed by atoms with E-state index >= 15 is 0 Å². The van der Waals surface area contributed by atoms with Crippen molar-refractivity contribution in [3.63, 3.8) is 0 Å². The SMILES string of the molecule is C=CCN(c1ccccc1)S(=O)(=O)c1cccc(Br)c1. The van der Waals surface area contributed by atoms with Crippen molar-refractivity contribution in [2.24, 2.45) is 0 Å². The lowest BCUT2D eigenvalue weighted by atomic mass is 10.3. The third-order valence-electron chi connectivity index (χ3n) is 2.72. The van der Waals surface area contributed by atoms with Crippen molar-refractivity contribution in [2.45, 2.75) is 4.90 Å². The smallest absolute Gasteiger partial charge is 0.263 e. The molecule has 0 atom stereocenters. The molecule has 0 amide bonds. The maximum absolute atomic E-state index is 12.7. The van der Waals surface area contributed by atoms with Gasteiger partial charge in [0.15, 0.2) is 0 Å². The highest BCUT2D eigenvalue weighted by Crippen LogP contribution is 2.25. The van der Waals surface area contributed by atoms with E-state index in [2.05, 4.69) is 22.5 Å². The van der Waals surface area contributed by atoms with Crippen LogP contribution >= 0.6 is 15.9 Å². The maximum Gasteiger partial charge on any atom is 0.264 e. The Bertz CT molecular complexity index is 699. The zero-order chi connectivity index (χ0) is 14.6. The molecule has 0 heterocycles. The van der Waals surface area contributed by atoms with Crippen molar-refractivity contribution < 1.29 is 8.42 Å². The average Bonchev–Trinajstić information content (AvgIpc) is 2.45. The highest BCUT2D eigenvalue weighted by atomic mass is 79.9. The van der Waals surface area contributed by atoms with Crippen LogP contribution in [0.2, 0.25) is 0 Å². The molecule has 2 aromatic rings. The molecule has 0 bridgehead atoms. The minimum atomic E-state index is -3.61. The number of para-hydroxylation sites is 1. The minimum Gasteiger partial charge on any atom is -0.263 e. The molecular weight excluding hydrogens is 338 g/mol. The van der Waals surface area contributed by atoms with Crippen molar-refractivity contribution >= 4 is 31.6 Å². The van der Waals surface area contributed by atoms with Crippen LogP contribution in [0, 0.1) is 0 Å². The first-order chi connectivity index (χ1) is 9.55. The average molecular weight is 352 g/mol. The Labute approximate surface area is 127 Å². The van der Waals surface area contributed by atoms with Gasteiger partial charge in [0.2, 0.25) is 0 Å². The molecule has 0 radical (unpaired) electrons. The standard InChI is InChI=1S/C15H14BrNO2S/c1-2-11-17(14-8-4-3-5-9-14)20(18,19)15-10-6-7-13(16)12-15/h2-10,12H,1,11H2. The van der Waals surface area contributed by atoms with Gasteiger partial charge in [0.25, 0.3) is 10.0 Å². The van der Waals surface area contributed by atoms with Gasteiger partial charge in [-0.3, -0.25) is 4.31 Å². The number of hydrogen-bond donors (Lipinski definition) is 0. The van der Waals surface area contributed by atoms with E-state index in [9.17, 15) is 8.42 Å². The van der Waals surface area contributed by atoms with E-state index in [0.29, 0.717) is 5.69 Å². The summed E-state index contributed by atoms with van der Waals surface area (Å²) in [7, 11) is -3.61. The van der Waals surface area contributed by atoms with Crippen LogP contribution in [-0.4, -0.2) is 15.0 Å². The van der Waals surface area contributed by atoms with Crippen molar-refractivity contribution in [1.82, 2.24) is 0 Å². The van der Waals surface area contributed by atoms with Gasteiger partial charge in [-0.2, -0.15) is 0 Å². The molecule has 20 heavy (non-hydrogen) atoms. The van der Waals surface area contributed by atoms with E-state index in [4.69, 9.17) is 0 Å². The first-order valence-corrected chi connectivity index (χ1v) is 8.23. The van der Waals surface area contributed by atoms with E-state index < -0.39 is 10.0 Å². The topological polar surface area (TPSA) is 37.4 Å². The van der Waals surface area contributed by atoms with Gasteiger partial charge in [0.1, 0.15) is 0 Å². The molecule has 0 saturated carbocycles. The molecule has 0 aliphatic carbocycles. The van der Waals surface area contributed by atoms with Crippen molar-refractivity contribution in [3.8, 4) is 0 Å². The van der Waals surface area contributed by atoms with Crippen LogP contribution in [0.25, 0.3) is 0 Å². The molecule has 104 valence electrons. The Balaban J connectivity index is 2.51. The lowest BCUT2D eigenvalue weighted by Crippen LogP contribution is -2.31. The molecular formula is C15H14BrNO2S. The molecule has 0 aliphatic heterocycles. The second kappa shape index (κ2) is 6.24. The Morgan fingerprint density at radius 1 is 1.10 bits per heavy atom. The van der Waals surface area contributed by atoms with Crippen LogP contribution < -0.4 is 4.31 Å². The highest BCUT2D eigenvalue weighted by Gasteiger charge is 2.23. The number of sulfonamides is 1. The lowest BCUT2D eigenvalue weighted by Gasteiger charge is -2.23. The fourth-order valence-corrected chi connectivity index (χ4v) is 3.84. The quantitative estimate of drug-likeness (QED) is 0.767. The molecule has 0 N–H and O–H groups in total. The number of rotatable bonds is 5. The molecule has 2 aromatic carbocycles. The van der Waals surface area contributed by atoms with Gasteiger partial charge in [0.05, 0.1) is 17.1 Å². The van der Waals surface area contributed by atoms with Crippen LogP contribution in [0.1, 0.15) is 0 Å².